The highest BCUT2D eigenvalue weighted by Gasteiger charge is 2.54. The number of anilines is 1. The van der Waals surface area contributed by atoms with E-state index in [2.05, 4.69) is 5.32 Å². The lowest BCUT2D eigenvalue weighted by atomic mass is 9.78. The quantitative estimate of drug-likeness (QED) is 0.685. The van der Waals surface area contributed by atoms with Crippen molar-refractivity contribution in [1.82, 2.24) is 0 Å². The van der Waals surface area contributed by atoms with Gasteiger partial charge in [0.2, 0.25) is 5.91 Å². The van der Waals surface area contributed by atoms with Crippen molar-refractivity contribution >= 4 is 34.2 Å². The Morgan fingerprint density at radius 1 is 1.07 bits per heavy atom. The van der Waals surface area contributed by atoms with Gasteiger partial charge < -0.3 is 15.2 Å². The van der Waals surface area contributed by atoms with Crippen LogP contribution in [0.4, 0.5) is 5.00 Å². The monoisotopic (exact) mass is 427 g/mol. The molecule has 1 amide bonds. The van der Waals surface area contributed by atoms with E-state index < -0.39 is 23.8 Å². The van der Waals surface area contributed by atoms with Crippen LogP contribution in [-0.2, 0) is 14.3 Å². The van der Waals surface area contributed by atoms with Crippen molar-refractivity contribution in [2.24, 2.45) is 23.7 Å². The molecule has 2 fully saturated rings. The van der Waals surface area contributed by atoms with Crippen LogP contribution in [0.2, 0.25) is 0 Å². The number of thiophene rings is 1. The molecule has 2 aliphatic rings. The number of aryl methyl sites for hydroxylation is 2. The molecule has 0 radical (unpaired) electrons. The molecular formula is C23H25NO5S. The number of methoxy groups -OCH3 is 1. The number of rotatable bonds is 5. The fourth-order valence-corrected chi connectivity index (χ4v) is 6.28. The Kier molecular flexibility index (Phi) is 5.40. The van der Waals surface area contributed by atoms with Crippen LogP contribution in [0, 0.1) is 37.5 Å². The van der Waals surface area contributed by atoms with Gasteiger partial charge in [0.1, 0.15) is 10.6 Å². The van der Waals surface area contributed by atoms with Crippen LogP contribution in [0.3, 0.4) is 0 Å². The maximum Gasteiger partial charge on any atom is 0.341 e. The summed E-state index contributed by atoms with van der Waals surface area (Å²) in [5, 5.41) is 13.0. The Labute approximate surface area is 179 Å². The summed E-state index contributed by atoms with van der Waals surface area (Å²) >= 11 is 1.32. The number of hydrogen-bond acceptors (Lipinski definition) is 5. The minimum Gasteiger partial charge on any atom is -0.481 e. The van der Waals surface area contributed by atoms with E-state index >= 15 is 0 Å². The maximum atomic E-state index is 13.2. The standard InChI is InChI=1S/C23H25NO5S/c1-11-4-6-13(7-5-11)16-12(2)30-21(19(16)23(28)29-3)24-20(25)17-14-8-9-15(10-14)18(17)22(26)27/h4-7,14-15,17-18H,8-10H2,1-3H3,(H,24,25)(H,26,27)/t14-,15-,17+,18+/m0/s1. The number of nitrogens with one attached hydrogen (secondary N) is 1. The summed E-state index contributed by atoms with van der Waals surface area (Å²) in [5.41, 5.74) is 3.05. The minimum atomic E-state index is -0.904. The second kappa shape index (κ2) is 7.87. The van der Waals surface area contributed by atoms with Crippen molar-refractivity contribution < 1.29 is 24.2 Å². The number of fused-ring (bicyclic) bond motifs is 2. The number of aliphatic carboxylic acids is 1. The van der Waals surface area contributed by atoms with E-state index in [0.29, 0.717) is 10.6 Å². The first kappa shape index (κ1) is 20.6. The van der Waals surface area contributed by atoms with Gasteiger partial charge in [-0.05, 0) is 50.5 Å². The van der Waals surface area contributed by atoms with Crippen LogP contribution in [0.1, 0.15) is 40.1 Å². The second-order valence-electron chi connectivity index (χ2n) is 8.31. The van der Waals surface area contributed by atoms with E-state index in [9.17, 15) is 19.5 Å². The summed E-state index contributed by atoms with van der Waals surface area (Å²) in [6, 6.07) is 7.83. The molecule has 6 nitrogen and oxygen atoms in total. The summed E-state index contributed by atoms with van der Waals surface area (Å²) in [4.78, 5) is 38.5. The van der Waals surface area contributed by atoms with Gasteiger partial charge in [0.15, 0.2) is 0 Å². The summed E-state index contributed by atoms with van der Waals surface area (Å²) in [7, 11) is 1.32. The molecule has 2 saturated carbocycles. The van der Waals surface area contributed by atoms with Crippen LogP contribution in [0.5, 0.6) is 0 Å². The molecule has 2 N–H and O–H groups in total. The van der Waals surface area contributed by atoms with Gasteiger partial charge in [0.25, 0.3) is 0 Å². The predicted octanol–water partition coefficient (Wildman–Crippen LogP) is 4.50. The molecule has 1 heterocycles. The molecule has 30 heavy (non-hydrogen) atoms. The molecule has 4 atom stereocenters. The number of hydrogen-bond donors (Lipinski definition) is 2. The van der Waals surface area contributed by atoms with Crippen molar-refractivity contribution in [3.8, 4) is 11.1 Å². The molecule has 1 aromatic heterocycles. The molecule has 7 heteroatoms. The van der Waals surface area contributed by atoms with Gasteiger partial charge in [-0.25, -0.2) is 4.79 Å². The first-order chi connectivity index (χ1) is 14.3. The highest BCUT2D eigenvalue weighted by molar-refractivity contribution is 7.17. The number of benzene rings is 1. The number of carboxylic acid groups (broad SMARTS) is 1. The molecule has 158 valence electrons. The maximum absolute atomic E-state index is 13.2. The average Bonchev–Trinajstić information content (AvgIpc) is 3.41. The van der Waals surface area contributed by atoms with Crippen LogP contribution in [0.25, 0.3) is 11.1 Å². The lowest BCUT2D eigenvalue weighted by Crippen LogP contribution is -2.37. The fraction of sp³-hybridized carbons (Fsp3) is 0.435. The molecule has 0 saturated heterocycles. The number of amides is 1. The third-order valence-corrected chi connectivity index (χ3v) is 7.58. The zero-order valence-electron chi connectivity index (χ0n) is 17.2. The summed E-state index contributed by atoms with van der Waals surface area (Å²) < 4.78 is 5.01. The molecule has 4 rings (SSSR count). The van der Waals surface area contributed by atoms with Gasteiger partial charge in [-0.2, -0.15) is 0 Å². The largest absolute Gasteiger partial charge is 0.481 e. The van der Waals surface area contributed by atoms with Gasteiger partial charge in [-0.15, -0.1) is 11.3 Å². The van der Waals surface area contributed by atoms with Gasteiger partial charge in [0, 0.05) is 10.4 Å². The molecule has 2 bridgehead atoms. The number of esters is 1. The van der Waals surface area contributed by atoms with E-state index in [1.807, 2.05) is 38.1 Å². The van der Waals surface area contributed by atoms with E-state index in [4.69, 9.17) is 4.74 Å². The Morgan fingerprint density at radius 3 is 2.30 bits per heavy atom. The average molecular weight is 428 g/mol. The summed E-state index contributed by atoms with van der Waals surface area (Å²) in [5.74, 6) is -2.78. The third kappa shape index (κ3) is 3.41. The summed E-state index contributed by atoms with van der Waals surface area (Å²) in [6.45, 7) is 3.89. The van der Waals surface area contributed by atoms with Crippen molar-refractivity contribution in [2.45, 2.75) is 33.1 Å². The highest BCUT2D eigenvalue weighted by atomic mass is 32.1. The van der Waals surface area contributed by atoms with E-state index in [1.54, 1.807) is 0 Å². The lowest BCUT2D eigenvalue weighted by Gasteiger charge is -2.26. The topological polar surface area (TPSA) is 92.7 Å². The van der Waals surface area contributed by atoms with Crippen molar-refractivity contribution in [1.29, 1.82) is 0 Å². The molecule has 2 aromatic rings. The van der Waals surface area contributed by atoms with Gasteiger partial charge in [0.05, 0.1) is 18.9 Å². The fourth-order valence-electron chi connectivity index (χ4n) is 5.22. The van der Waals surface area contributed by atoms with Crippen LogP contribution < -0.4 is 5.32 Å². The number of carbonyl (C=O) groups excluding carboxylic acids is 2. The second-order valence-corrected chi connectivity index (χ2v) is 9.53. The first-order valence-corrected chi connectivity index (χ1v) is 11.0. The summed E-state index contributed by atoms with van der Waals surface area (Å²) in [6.07, 6.45) is 2.54. The lowest BCUT2D eigenvalue weighted by molar-refractivity contribution is -0.148. The molecule has 1 aromatic carbocycles. The number of ether oxygens (including phenoxy) is 1. The third-order valence-electron chi connectivity index (χ3n) is 6.56. The predicted molar refractivity (Wildman–Crippen MR) is 115 cm³/mol. The zero-order valence-corrected chi connectivity index (χ0v) is 18.0. The highest BCUT2D eigenvalue weighted by Crippen LogP contribution is 2.53. The molecule has 0 spiro atoms. The Hall–Kier alpha value is -2.67. The van der Waals surface area contributed by atoms with Crippen molar-refractivity contribution in [3.63, 3.8) is 0 Å². The molecular weight excluding hydrogens is 402 g/mol. The van der Waals surface area contributed by atoms with Gasteiger partial charge in [-0.1, -0.05) is 29.8 Å². The Morgan fingerprint density at radius 2 is 1.70 bits per heavy atom. The normalized spacial score (nSPS) is 24.6. The Balaban J connectivity index is 1.70. The van der Waals surface area contributed by atoms with Crippen molar-refractivity contribution in [2.75, 3.05) is 12.4 Å². The molecule has 0 unspecified atom stereocenters. The van der Waals surface area contributed by atoms with Gasteiger partial charge in [-0.3, -0.25) is 9.59 Å². The van der Waals surface area contributed by atoms with Crippen LogP contribution in [0.15, 0.2) is 24.3 Å². The smallest absolute Gasteiger partial charge is 0.341 e. The molecule has 2 aliphatic carbocycles. The van der Waals surface area contributed by atoms with Gasteiger partial charge >= 0.3 is 11.9 Å². The SMILES string of the molecule is COC(=O)c1c(NC(=O)[C@@H]2[C@H]3CC[C@@H](C3)[C@H]2C(=O)O)sc(C)c1-c1ccc(C)cc1. The number of carboxylic acids is 1. The minimum absolute atomic E-state index is 0.0662. The van der Waals surface area contributed by atoms with E-state index in [-0.39, 0.29) is 17.7 Å². The van der Waals surface area contributed by atoms with E-state index in [0.717, 1.165) is 40.8 Å². The van der Waals surface area contributed by atoms with E-state index in [1.165, 1.54) is 18.4 Å². The van der Waals surface area contributed by atoms with Crippen LogP contribution in [-0.4, -0.2) is 30.1 Å². The molecule has 0 aliphatic heterocycles. The number of carbonyl (C=O) groups is 3. The Bertz CT molecular complexity index is 1010. The van der Waals surface area contributed by atoms with Crippen LogP contribution >= 0.6 is 11.3 Å². The zero-order chi connectivity index (χ0) is 21.6. The van der Waals surface area contributed by atoms with Crippen molar-refractivity contribution in [3.05, 3.63) is 40.3 Å². The first-order valence-electron chi connectivity index (χ1n) is 10.1.